The average Bonchev–Trinajstić information content (AvgIpc) is 2.27. The molecule has 0 spiro atoms. The minimum Gasteiger partial charge on any atom is -0.463 e. The van der Waals surface area contributed by atoms with Crippen molar-refractivity contribution in [2.24, 2.45) is 0 Å². The summed E-state index contributed by atoms with van der Waals surface area (Å²) in [5.74, 6) is -1.51. The maximum absolute atomic E-state index is 12.9. The first-order valence-electron chi connectivity index (χ1n) is 4.43. The second kappa shape index (κ2) is 3.77. The molecule has 0 unspecified atom stereocenters. The molecule has 1 aromatic heterocycles. The molecule has 2 rings (SSSR count). The Balaban J connectivity index is 2.75. The van der Waals surface area contributed by atoms with Gasteiger partial charge in [-0.15, -0.1) is 0 Å². The van der Waals surface area contributed by atoms with Gasteiger partial charge in [0.05, 0.1) is 12.5 Å². The Hall–Kier alpha value is -2.17. The maximum atomic E-state index is 12.9. The predicted molar refractivity (Wildman–Crippen MR) is 53.8 cm³/mol. The SMILES string of the molecule is COC(=O)c1cc2cc(F)ccc2c(=O)o1. The molecule has 0 bridgehead atoms. The molecule has 0 fully saturated rings. The van der Waals surface area contributed by atoms with Gasteiger partial charge in [-0.05, 0) is 29.7 Å². The van der Waals surface area contributed by atoms with Crippen LogP contribution in [0.5, 0.6) is 0 Å². The monoisotopic (exact) mass is 222 g/mol. The second-order valence-corrected chi connectivity index (χ2v) is 3.12. The smallest absolute Gasteiger partial charge is 0.374 e. The predicted octanol–water partition coefficient (Wildman–Crippen LogP) is 1.72. The minimum absolute atomic E-state index is 0.217. The molecule has 0 aliphatic carbocycles. The Kier molecular flexibility index (Phi) is 2.44. The quantitative estimate of drug-likeness (QED) is 0.689. The van der Waals surface area contributed by atoms with Crippen molar-refractivity contribution in [1.29, 1.82) is 0 Å². The van der Waals surface area contributed by atoms with E-state index in [0.29, 0.717) is 5.39 Å². The van der Waals surface area contributed by atoms with E-state index >= 15 is 0 Å². The van der Waals surface area contributed by atoms with Crippen LogP contribution >= 0.6 is 0 Å². The molecule has 0 atom stereocenters. The van der Waals surface area contributed by atoms with Gasteiger partial charge >= 0.3 is 11.6 Å². The highest BCUT2D eigenvalue weighted by atomic mass is 19.1. The molecular formula is C11H7FO4. The van der Waals surface area contributed by atoms with Crippen molar-refractivity contribution in [3.8, 4) is 0 Å². The van der Waals surface area contributed by atoms with Gasteiger partial charge in [0, 0.05) is 0 Å². The Morgan fingerprint density at radius 1 is 1.38 bits per heavy atom. The van der Waals surface area contributed by atoms with Crippen molar-refractivity contribution in [3.05, 3.63) is 46.3 Å². The summed E-state index contributed by atoms with van der Waals surface area (Å²) in [4.78, 5) is 22.6. The van der Waals surface area contributed by atoms with Crippen LogP contribution in [0.3, 0.4) is 0 Å². The fourth-order valence-electron chi connectivity index (χ4n) is 1.37. The summed E-state index contributed by atoms with van der Waals surface area (Å²) in [5.41, 5.74) is -0.696. The molecule has 0 amide bonds. The number of benzene rings is 1. The van der Waals surface area contributed by atoms with Gasteiger partial charge in [-0.25, -0.2) is 14.0 Å². The molecule has 0 saturated carbocycles. The number of halogens is 1. The largest absolute Gasteiger partial charge is 0.463 e. The van der Waals surface area contributed by atoms with Crippen LogP contribution in [0.2, 0.25) is 0 Å². The third kappa shape index (κ3) is 1.67. The molecule has 0 aliphatic heterocycles. The number of ether oxygens (including phenoxy) is 1. The van der Waals surface area contributed by atoms with Crippen LogP contribution in [0, 0.1) is 5.82 Å². The van der Waals surface area contributed by atoms with Crippen molar-refractivity contribution in [1.82, 2.24) is 0 Å². The molecule has 1 aromatic carbocycles. The van der Waals surface area contributed by atoms with Gasteiger partial charge in [-0.1, -0.05) is 0 Å². The third-order valence-electron chi connectivity index (χ3n) is 2.11. The lowest BCUT2D eigenvalue weighted by molar-refractivity contribution is 0.0560. The highest BCUT2D eigenvalue weighted by Gasteiger charge is 2.12. The molecule has 16 heavy (non-hydrogen) atoms. The number of carbonyl (C=O) groups is 1. The molecular weight excluding hydrogens is 215 g/mol. The molecule has 0 radical (unpaired) electrons. The summed E-state index contributed by atoms with van der Waals surface area (Å²) in [7, 11) is 1.16. The summed E-state index contributed by atoms with van der Waals surface area (Å²) < 4.78 is 22.1. The molecule has 0 aliphatic rings. The molecule has 4 nitrogen and oxygen atoms in total. The zero-order valence-corrected chi connectivity index (χ0v) is 8.32. The number of fused-ring (bicyclic) bond motifs is 1. The molecule has 0 saturated heterocycles. The summed E-state index contributed by atoms with van der Waals surface area (Å²) >= 11 is 0. The number of hydrogen-bond acceptors (Lipinski definition) is 4. The van der Waals surface area contributed by atoms with Crippen LogP contribution in [0.1, 0.15) is 10.6 Å². The lowest BCUT2D eigenvalue weighted by Gasteiger charge is -2.00. The summed E-state index contributed by atoms with van der Waals surface area (Å²) in [6.07, 6.45) is 0. The van der Waals surface area contributed by atoms with Crippen molar-refractivity contribution < 1.29 is 18.3 Å². The van der Waals surface area contributed by atoms with Gasteiger partial charge in [0.1, 0.15) is 5.82 Å². The number of hydrogen-bond donors (Lipinski definition) is 0. The Morgan fingerprint density at radius 3 is 2.81 bits per heavy atom. The molecule has 0 N–H and O–H groups in total. The van der Waals surface area contributed by atoms with E-state index in [4.69, 9.17) is 4.42 Å². The lowest BCUT2D eigenvalue weighted by atomic mass is 10.1. The maximum Gasteiger partial charge on any atom is 0.374 e. The van der Waals surface area contributed by atoms with Crippen LogP contribution in [0.15, 0.2) is 33.5 Å². The fraction of sp³-hybridized carbons (Fsp3) is 0.0909. The number of carbonyl (C=O) groups excluding carboxylic acids is 1. The van der Waals surface area contributed by atoms with Crippen molar-refractivity contribution in [2.45, 2.75) is 0 Å². The summed E-state index contributed by atoms with van der Waals surface area (Å²) in [6, 6.07) is 4.87. The van der Waals surface area contributed by atoms with Crippen molar-refractivity contribution >= 4 is 16.7 Å². The third-order valence-corrected chi connectivity index (χ3v) is 2.11. The zero-order valence-electron chi connectivity index (χ0n) is 8.32. The summed E-state index contributed by atoms with van der Waals surface area (Å²) in [6.45, 7) is 0. The molecule has 1 heterocycles. The Bertz CT molecular complexity index is 615. The van der Waals surface area contributed by atoms with E-state index in [0.717, 1.165) is 19.2 Å². The van der Waals surface area contributed by atoms with Crippen molar-refractivity contribution in [3.63, 3.8) is 0 Å². The number of esters is 1. The van der Waals surface area contributed by atoms with E-state index in [2.05, 4.69) is 4.74 Å². The standard InChI is InChI=1S/C11H7FO4/c1-15-11(14)9-5-6-4-7(12)2-3-8(6)10(13)16-9/h2-5H,1H3. The normalized spacial score (nSPS) is 10.4. The van der Waals surface area contributed by atoms with Gasteiger partial charge in [0.25, 0.3) is 0 Å². The molecule has 2 aromatic rings. The Morgan fingerprint density at radius 2 is 2.12 bits per heavy atom. The summed E-state index contributed by atoms with van der Waals surface area (Å²) in [5, 5.41) is 0.519. The van der Waals surface area contributed by atoms with E-state index in [-0.39, 0.29) is 11.1 Å². The van der Waals surface area contributed by atoms with Gasteiger partial charge in [0.15, 0.2) is 0 Å². The molecule has 82 valence electrons. The first-order chi connectivity index (χ1) is 7.61. The van der Waals surface area contributed by atoms with Gasteiger partial charge in [-0.3, -0.25) is 0 Å². The van der Waals surface area contributed by atoms with E-state index in [1.807, 2.05) is 0 Å². The second-order valence-electron chi connectivity index (χ2n) is 3.12. The van der Waals surface area contributed by atoms with Crippen molar-refractivity contribution in [2.75, 3.05) is 7.11 Å². The van der Waals surface area contributed by atoms with Gasteiger partial charge < -0.3 is 9.15 Å². The first kappa shape index (κ1) is 10.4. The van der Waals surface area contributed by atoms with E-state index < -0.39 is 17.4 Å². The number of rotatable bonds is 1. The minimum atomic E-state index is -0.775. The van der Waals surface area contributed by atoms with Crippen LogP contribution in [-0.2, 0) is 4.74 Å². The van der Waals surface area contributed by atoms with E-state index in [1.165, 1.54) is 12.1 Å². The average molecular weight is 222 g/mol. The van der Waals surface area contributed by atoms with Crippen LogP contribution in [-0.4, -0.2) is 13.1 Å². The fourth-order valence-corrected chi connectivity index (χ4v) is 1.37. The molecule has 5 heteroatoms. The van der Waals surface area contributed by atoms with Gasteiger partial charge in [0.2, 0.25) is 5.76 Å². The highest BCUT2D eigenvalue weighted by molar-refractivity contribution is 5.91. The van der Waals surface area contributed by atoms with Gasteiger partial charge in [-0.2, -0.15) is 0 Å². The zero-order chi connectivity index (χ0) is 11.7. The van der Waals surface area contributed by atoms with E-state index in [9.17, 15) is 14.0 Å². The Labute approximate surface area is 89.2 Å². The topological polar surface area (TPSA) is 56.5 Å². The van der Waals surface area contributed by atoms with Crippen LogP contribution < -0.4 is 5.63 Å². The van der Waals surface area contributed by atoms with Crippen LogP contribution in [0.25, 0.3) is 10.8 Å². The van der Waals surface area contributed by atoms with E-state index in [1.54, 1.807) is 0 Å². The lowest BCUT2D eigenvalue weighted by Crippen LogP contribution is -2.08. The van der Waals surface area contributed by atoms with Crippen LogP contribution in [0.4, 0.5) is 4.39 Å². The highest BCUT2D eigenvalue weighted by Crippen LogP contribution is 2.14. The first-order valence-corrected chi connectivity index (χ1v) is 4.43. The number of methoxy groups -OCH3 is 1.